The van der Waals surface area contributed by atoms with Gasteiger partial charge >= 0.3 is 83.5 Å². The zero-order valence-corrected chi connectivity index (χ0v) is 8.77. The van der Waals surface area contributed by atoms with E-state index in [0.717, 1.165) is 0 Å². The molecule has 0 N–H and O–H groups in total. The van der Waals surface area contributed by atoms with Crippen LogP contribution in [0.4, 0.5) is 16.8 Å². The van der Waals surface area contributed by atoms with Gasteiger partial charge in [0.1, 0.15) is 0 Å². The summed E-state index contributed by atoms with van der Waals surface area (Å²) in [5.74, 6) is 0. The molecule has 0 spiro atoms. The molecule has 0 atom stereocenters. The first kappa shape index (κ1) is 10.9. The zero-order chi connectivity index (χ0) is 4.50. The quantitative estimate of drug-likeness (QED) is 0.360. The van der Waals surface area contributed by atoms with Crippen LogP contribution in [0.2, 0.25) is 0 Å². The number of halogens is 4. The molecule has 0 aromatic heterocycles. The van der Waals surface area contributed by atoms with Gasteiger partial charge < -0.3 is 0 Å². The first-order valence-corrected chi connectivity index (χ1v) is 2.03. The Morgan fingerprint density at radius 2 is 0.833 bits per heavy atom. The largest absolute Gasteiger partial charge is 1.00 e. The van der Waals surface area contributed by atoms with Gasteiger partial charge in [0.15, 0.2) is 0 Å². The maximum Gasteiger partial charge on any atom is 1.00 e. The molecule has 0 saturated heterocycles. The molecule has 34 valence electrons. The fraction of sp³-hybridized carbons (Fsp3) is 0. The molecule has 0 radical (unpaired) electrons. The summed E-state index contributed by atoms with van der Waals surface area (Å²) in [6.07, 6.45) is 0. The Hall–Kier alpha value is 1.96. The van der Waals surface area contributed by atoms with Crippen molar-refractivity contribution in [2.45, 2.75) is 0 Å². The van der Waals surface area contributed by atoms with Crippen molar-refractivity contribution in [1.29, 1.82) is 0 Å². The van der Waals surface area contributed by atoms with E-state index in [1.807, 2.05) is 0 Å². The van der Waals surface area contributed by atoms with Crippen LogP contribution in [0.5, 0.6) is 0 Å². The predicted molar refractivity (Wildman–Crippen MR) is 11.4 cm³/mol. The van der Waals surface area contributed by atoms with E-state index in [9.17, 15) is 16.8 Å². The molecule has 0 aliphatic heterocycles. The monoisotopic (exact) mass is 192 g/mol. The van der Waals surface area contributed by atoms with Crippen molar-refractivity contribution < 1.29 is 75.0 Å². The first-order chi connectivity index (χ1) is 2.00. The van der Waals surface area contributed by atoms with Crippen LogP contribution in [0.15, 0.2) is 0 Å². The zero-order valence-electron chi connectivity index (χ0n) is 2.96. The normalized spacial score (nSPS) is 12.7. The second-order valence-corrected chi connectivity index (χ2v) is 1.15. The Bertz CT molecular complexity index is 23.0. The molecule has 0 bridgehead atoms. The van der Waals surface area contributed by atoms with E-state index < -0.39 is 8.51 Å². The molecule has 0 aromatic rings. The Morgan fingerprint density at radius 3 is 0.833 bits per heavy atom. The van der Waals surface area contributed by atoms with Crippen molar-refractivity contribution in [3.05, 3.63) is 0 Å². The van der Waals surface area contributed by atoms with Gasteiger partial charge in [0.25, 0.3) is 0 Å². The van der Waals surface area contributed by atoms with Crippen LogP contribution in [-0.4, -0.2) is 0 Å². The third-order valence-corrected chi connectivity index (χ3v) is 0. The van der Waals surface area contributed by atoms with E-state index in [1.54, 1.807) is 0 Å². The van der Waals surface area contributed by atoms with E-state index in [1.165, 1.54) is 0 Å². The summed E-state index contributed by atoms with van der Waals surface area (Å²) in [4.78, 5) is 0. The van der Waals surface area contributed by atoms with Crippen molar-refractivity contribution in [2.24, 2.45) is 0 Å². The smallest absolute Gasteiger partial charge is 1.00 e. The van der Waals surface area contributed by atoms with E-state index in [2.05, 4.69) is 0 Å². The summed E-state index contributed by atoms with van der Waals surface area (Å²) in [5, 5.41) is 0. The molecule has 0 saturated carbocycles. The van der Waals surface area contributed by atoms with Gasteiger partial charge in [-0.25, -0.2) is 0 Å². The second-order valence-electron chi connectivity index (χ2n) is 0.383. The van der Waals surface area contributed by atoms with Crippen LogP contribution in [0.1, 0.15) is 0 Å². The summed E-state index contributed by atoms with van der Waals surface area (Å²) < 4.78 is 39.2. The van der Waals surface area contributed by atoms with Gasteiger partial charge in [-0.3, -0.25) is 0 Å². The topological polar surface area (TPSA) is 0 Å². The fourth-order valence-corrected chi connectivity index (χ4v) is 0. The first-order valence-electron chi connectivity index (χ1n) is 0.676. The van der Waals surface area contributed by atoms with Gasteiger partial charge in [0.05, 0.1) is 0 Å². The summed E-state index contributed by atoms with van der Waals surface area (Å²) in [5.41, 5.74) is 0. The van der Waals surface area contributed by atoms with Crippen LogP contribution in [0.3, 0.4) is 0 Å². The van der Waals surface area contributed by atoms with Crippen LogP contribution < -0.4 is 58.2 Å². The minimum Gasteiger partial charge on any atom is 1.00 e. The molecular formula is F4PRb. The molecule has 0 aliphatic rings. The van der Waals surface area contributed by atoms with Crippen LogP contribution in [-0.2, 0) is 0 Å². The molecule has 0 nitrogen and oxygen atoms in total. The van der Waals surface area contributed by atoms with Crippen LogP contribution in [0.25, 0.3) is 0 Å². The van der Waals surface area contributed by atoms with Crippen molar-refractivity contribution >= 4 is 8.51 Å². The average Bonchev–Trinajstić information content (AvgIpc) is 0.722. The predicted octanol–water partition coefficient (Wildman–Crippen LogP) is -0.454. The van der Waals surface area contributed by atoms with Crippen molar-refractivity contribution in [1.82, 2.24) is 0 Å². The third kappa shape index (κ3) is 38.3. The molecule has 0 aromatic carbocycles. The van der Waals surface area contributed by atoms with Gasteiger partial charge in [-0.05, 0) is 0 Å². The summed E-state index contributed by atoms with van der Waals surface area (Å²) in [7, 11) is -6.39. The molecule has 6 heavy (non-hydrogen) atoms. The standard InChI is InChI=1S/F4P.Rb/c1-5(2,3)4;/q-1;+1. The molecule has 0 fully saturated rings. The van der Waals surface area contributed by atoms with E-state index in [0.29, 0.717) is 0 Å². The molecule has 0 heterocycles. The molecular weight excluding hydrogens is 192 g/mol. The van der Waals surface area contributed by atoms with Crippen LogP contribution >= 0.6 is 8.51 Å². The van der Waals surface area contributed by atoms with Crippen molar-refractivity contribution in [3.8, 4) is 0 Å². The molecule has 6 heteroatoms. The minimum atomic E-state index is -6.39. The summed E-state index contributed by atoms with van der Waals surface area (Å²) in [6, 6.07) is 0. The number of rotatable bonds is 0. The van der Waals surface area contributed by atoms with Crippen molar-refractivity contribution in [3.63, 3.8) is 0 Å². The van der Waals surface area contributed by atoms with Gasteiger partial charge in [0.2, 0.25) is 0 Å². The number of hydrogen-bond acceptors (Lipinski definition) is 0. The van der Waals surface area contributed by atoms with Gasteiger partial charge in [-0.15, -0.1) is 0 Å². The maximum absolute atomic E-state index is 9.80. The summed E-state index contributed by atoms with van der Waals surface area (Å²) >= 11 is 0. The van der Waals surface area contributed by atoms with Gasteiger partial charge in [-0.1, -0.05) is 0 Å². The second kappa shape index (κ2) is 3.90. The van der Waals surface area contributed by atoms with E-state index in [-0.39, 0.29) is 58.2 Å². The summed E-state index contributed by atoms with van der Waals surface area (Å²) in [6.45, 7) is 0. The Morgan fingerprint density at radius 1 is 0.833 bits per heavy atom. The van der Waals surface area contributed by atoms with Gasteiger partial charge in [0, 0.05) is 0 Å². The Balaban J connectivity index is 0. The average molecular weight is 192 g/mol. The maximum atomic E-state index is 9.80. The Kier molecular flexibility index (Phi) is 7.05. The molecule has 0 amide bonds. The van der Waals surface area contributed by atoms with Crippen LogP contribution in [0, 0.1) is 0 Å². The van der Waals surface area contributed by atoms with Gasteiger partial charge in [-0.2, -0.15) is 0 Å². The third-order valence-electron chi connectivity index (χ3n) is 0. The molecule has 0 unspecified atom stereocenters. The molecule has 0 rings (SSSR count). The SMILES string of the molecule is F[P-](F)(F)F.[Rb+]. The minimum absolute atomic E-state index is 0. The fourth-order valence-electron chi connectivity index (χ4n) is 0. The Labute approximate surface area is 81.9 Å². The van der Waals surface area contributed by atoms with E-state index >= 15 is 0 Å². The molecule has 0 aliphatic carbocycles. The van der Waals surface area contributed by atoms with Crippen molar-refractivity contribution in [2.75, 3.05) is 0 Å². The van der Waals surface area contributed by atoms with E-state index in [4.69, 9.17) is 0 Å². The number of hydrogen-bond donors (Lipinski definition) is 0.